The summed E-state index contributed by atoms with van der Waals surface area (Å²) in [5.41, 5.74) is 1.02. The maximum Gasteiger partial charge on any atom is 0.223 e. The summed E-state index contributed by atoms with van der Waals surface area (Å²) in [6.45, 7) is 8.12. The second-order valence-corrected chi connectivity index (χ2v) is 7.81. The van der Waals surface area contributed by atoms with Gasteiger partial charge in [0, 0.05) is 32.6 Å². The van der Waals surface area contributed by atoms with E-state index in [1.807, 2.05) is 6.92 Å². The average Bonchev–Trinajstić information content (AvgIpc) is 2.53. The van der Waals surface area contributed by atoms with Gasteiger partial charge in [-0.25, -0.2) is 8.42 Å². The van der Waals surface area contributed by atoms with Crippen LogP contribution in [0.1, 0.15) is 18.9 Å². The fourth-order valence-corrected chi connectivity index (χ4v) is 3.79. The zero-order valence-corrected chi connectivity index (χ0v) is 14.1. The summed E-state index contributed by atoms with van der Waals surface area (Å²) in [7, 11) is -3.38. The van der Waals surface area contributed by atoms with Gasteiger partial charge in [-0.05, 0) is 25.6 Å². The van der Waals surface area contributed by atoms with Gasteiger partial charge in [-0.2, -0.15) is 0 Å². The molecule has 1 aliphatic rings. The first-order valence-electron chi connectivity index (χ1n) is 7.72. The second kappa shape index (κ2) is 7.24. The number of likely N-dealkylation sites (N-methyl/N-ethyl adjacent to an activating group) is 1. The molecule has 1 heterocycles. The van der Waals surface area contributed by atoms with E-state index in [9.17, 15) is 13.2 Å². The molecule has 1 saturated heterocycles. The maximum absolute atomic E-state index is 12.3. The minimum atomic E-state index is -3.38. The Labute approximate surface area is 132 Å². The molecular weight excluding hydrogens is 300 g/mol. The molecule has 0 unspecified atom stereocenters. The van der Waals surface area contributed by atoms with E-state index in [4.69, 9.17) is 0 Å². The summed E-state index contributed by atoms with van der Waals surface area (Å²) in [5, 5.41) is 0. The van der Waals surface area contributed by atoms with Gasteiger partial charge in [0.15, 0.2) is 9.84 Å². The van der Waals surface area contributed by atoms with E-state index >= 15 is 0 Å². The third-order valence-corrected chi connectivity index (χ3v) is 5.87. The van der Waals surface area contributed by atoms with Gasteiger partial charge < -0.3 is 9.80 Å². The van der Waals surface area contributed by atoms with Crippen LogP contribution >= 0.6 is 0 Å². The molecule has 5 nitrogen and oxygen atoms in total. The van der Waals surface area contributed by atoms with Crippen molar-refractivity contribution in [3.63, 3.8) is 0 Å². The van der Waals surface area contributed by atoms with Crippen molar-refractivity contribution in [2.45, 2.75) is 25.2 Å². The number of carbonyl (C=O) groups is 1. The lowest BCUT2D eigenvalue weighted by Crippen LogP contribution is -2.48. The minimum absolute atomic E-state index is 0.0579. The van der Waals surface area contributed by atoms with Gasteiger partial charge in [-0.3, -0.25) is 4.79 Å². The van der Waals surface area contributed by atoms with Gasteiger partial charge in [0.25, 0.3) is 0 Å². The highest BCUT2D eigenvalue weighted by Crippen LogP contribution is 2.14. The lowest BCUT2D eigenvalue weighted by Gasteiger charge is -2.34. The Kier molecular flexibility index (Phi) is 5.58. The number of sulfone groups is 1. The number of benzene rings is 1. The summed E-state index contributed by atoms with van der Waals surface area (Å²) < 4.78 is 24.5. The molecule has 0 aliphatic carbocycles. The maximum atomic E-state index is 12.3. The van der Waals surface area contributed by atoms with E-state index in [0.717, 1.165) is 25.2 Å². The van der Waals surface area contributed by atoms with Gasteiger partial charge in [-0.15, -0.1) is 0 Å². The molecule has 1 aliphatic heterocycles. The second-order valence-electron chi connectivity index (χ2n) is 5.70. The van der Waals surface area contributed by atoms with Gasteiger partial charge in [0.2, 0.25) is 5.91 Å². The van der Waals surface area contributed by atoms with Gasteiger partial charge in [-0.1, -0.05) is 24.6 Å². The standard InChI is InChI=1S/C16H24N2O3S/c1-3-17-9-11-18(12-10-17)16(19)8-13-22(20,21)15-6-4-14(2)5-7-15/h4-7H,3,8-13H2,1-2H3. The molecule has 1 aromatic carbocycles. The molecule has 0 N–H and O–H groups in total. The van der Waals surface area contributed by atoms with Gasteiger partial charge in [0.1, 0.15) is 0 Å². The number of hydrogen-bond acceptors (Lipinski definition) is 4. The SMILES string of the molecule is CCN1CCN(C(=O)CCS(=O)(=O)c2ccc(C)cc2)CC1. The van der Waals surface area contributed by atoms with Gasteiger partial charge >= 0.3 is 0 Å². The van der Waals surface area contributed by atoms with Crippen LogP contribution in [-0.2, 0) is 14.6 Å². The average molecular weight is 324 g/mol. The predicted octanol–water partition coefficient (Wildman–Crippen LogP) is 1.32. The van der Waals surface area contributed by atoms with Crippen molar-refractivity contribution >= 4 is 15.7 Å². The molecule has 1 aromatic rings. The van der Waals surface area contributed by atoms with Crippen LogP contribution in [0.5, 0.6) is 0 Å². The minimum Gasteiger partial charge on any atom is -0.340 e. The Morgan fingerprint density at radius 1 is 1.09 bits per heavy atom. The quantitative estimate of drug-likeness (QED) is 0.820. The molecule has 1 fully saturated rings. The molecule has 122 valence electrons. The van der Waals surface area contributed by atoms with Crippen LogP contribution in [0, 0.1) is 6.92 Å². The number of carbonyl (C=O) groups excluding carboxylic acids is 1. The number of aryl methyl sites for hydroxylation is 1. The first-order chi connectivity index (χ1) is 10.4. The summed E-state index contributed by atoms with van der Waals surface area (Å²) in [6, 6.07) is 6.77. The van der Waals surface area contributed by atoms with Crippen LogP contribution in [0.2, 0.25) is 0 Å². The molecule has 0 aromatic heterocycles. The van der Waals surface area contributed by atoms with Crippen LogP contribution in [0.3, 0.4) is 0 Å². The first kappa shape index (κ1) is 17.0. The van der Waals surface area contributed by atoms with Crippen LogP contribution in [0.15, 0.2) is 29.2 Å². The van der Waals surface area contributed by atoms with Crippen molar-refractivity contribution in [2.24, 2.45) is 0 Å². The van der Waals surface area contributed by atoms with Crippen LogP contribution in [0.25, 0.3) is 0 Å². The van der Waals surface area contributed by atoms with Crippen molar-refractivity contribution in [1.82, 2.24) is 9.80 Å². The molecular formula is C16H24N2O3S. The van der Waals surface area contributed by atoms with E-state index in [1.165, 1.54) is 0 Å². The number of nitrogens with zero attached hydrogens (tertiary/aromatic N) is 2. The molecule has 0 atom stereocenters. The zero-order valence-electron chi connectivity index (χ0n) is 13.3. The summed E-state index contributed by atoms with van der Waals surface area (Å²) >= 11 is 0. The lowest BCUT2D eigenvalue weighted by atomic mass is 10.2. The number of amides is 1. The summed E-state index contributed by atoms with van der Waals surface area (Å²) in [6.07, 6.45) is 0.0579. The predicted molar refractivity (Wildman–Crippen MR) is 86.5 cm³/mol. The van der Waals surface area contributed by atoms with Gasteiger partial charge in [0.05, 0.1) is 10.6 Å². The van der Waals surface area contributed by atoms with Crippen LogP contribution in [-0.4, -0.2) is 62.6 Å². The Bertz CT molecular complexity index is 603. The highest BCUT2D eigenvalue weighted by molar-refractivity contribution is 7.91. The Morgan fingerprint density at radius 3 is 2.23 bits per heavy atom. The molecule has 0 saturated carbocycles. The topological polar surface area (TPSA) is 57.7 Å². The van der Waals surface area contributed by atoms with E-state index in [0.29, 0.717) is 18.0 Å². The molecule has 0 bridgehead atoms. The van der Waals surface area contributed by atoms with E-state index in [2.05, 4.69) is 11.8 Å². The van der Waals surface area contributed by atoms with Crippen molar-refractivity contribution in [1.29, 1.82) is 0 Å². The van der Waals surface area contributed by atoms with E-state index < -0.39 is 9.84 Å². The van der Waals surface area contributed by atoms with Crippen molar-refractivity contribution < 1.29 is 13.2 Å². The Balaban J connectivity index is 1.89. The fraction of sp³-hybridized carbons (Fsp3) is 0.562. The van der Waals surface area contributed by atoms with Crippen LogP contribution in [0.4, 0.5) is 0 Å². The Morgan fingerprint density at radius 2 is 1.68 bits per heavy atom. The molecule has 0 radical (unpaired) electrons. The van der Waals surface area contributed by atoms with E-state index in [1.54, 1.807) is 29.2 Å². The molecule has 6 heteroatoms. The van der Waals surface area contributed by atoms with Crippen molar-refractivity contribution in [2.75, 3.05) is 38.5 Å². The largest absolute Gasteiger partial charge is 0.340 e. The molecule has 22 heavy (non-hydrogen) atoms. The van der Waals surface area contributed by atoms with Crippen molar-refractivity contribution in [3.8, 4) is 0 Å². The third-order valence-electron chi connectivity index (χ3n) is 4.14. The summed E-state index contributed by atoms with van der Waals surface area (Å²) in [4.78, 5) is 16.5. The number of piperazine rings is 1. The van der Waals surface area contributed by atoms with Crippen LogP contribution < -0.4 is 0 Å². The third kappa shape index (κ3) is 4.30. The normalized spacial score (nSPS) is 16.7. The van der Waals surface area contributed by atoms with E-state index in [-0.39, 0.29) is 18.1 Å². The molecule has 2 rings (SSSR count). The highest BCUT2D eigenvalue weighted by atomic mass is 32.2. The first-order valence-corrected chi connectivity index (χ1v) is 9.37. The Hall–Kier alpha value is -1.40. The lowest BCUT2D eigenvalue weighted by molar-refractivity contribution is -0.132. The summed E-state index contributed by atoms with van der Waals surface area (Å²) in [5.74, 6) is -0.186. The fourth-order valence-electron chi connectivity index (χ4n) is 2.56. The highest BCUT2D eigenvalue weighted by Gasteiger charge is 2.22. The zero-order chi connectivity index (χ0) is 16.2. The molecule has 0 spiro atoms. The number of hydrogen-bond donors (Lipinski definition) is 0. The molecule has 1 amide bonds. The van der Waals surface area contributed by atoms with Crippen molar-refractivity contribution in [3.05, 3.63) is 29.8 Å². The number of rotatable bonds is 5. The monoisotopic (exact) mass is 324 g/mol. The smallest absolute Gasteiger partial charge is 0.223 e.